The van der Waals surface area contributed by atoms with Gasteiger partial charge in [0.05, 0.1) is 10.6 Å². The summed E-state index contributed by atoms with van der Waals surface area (Å²) < 4.78 is 37.2. The highest BCUT2D eigenvalue weighted by Crippen LogP contribution is 2.31. The molecule has 6 heteroatoms. The first kappa shape index (κ1) is 13.4. The highest BCUT2D eigenvalue weighted by Gasteiger charge is 2.30. The van der Waals surface area contributed by atoms with Crippen molar-refractivity contribution in [2.24, 2.45) is 0 Å². The Balaban J connectivity index is 3.15. The van der Waals surface area contributed by atoms with Gasteiger partial charge in [0, 0.05) is 18.5 Å². The standard InChI is InChI=1S/C11H7ClF3NO/c1-16-10(17)5-2-7-6-8(11(13,14)15)3-4-9(7)12/h3-4,6H,1H3,(H,16,17). The van der Waals surface area contributed by atoms with Crippen LogP contribution in [0.15, 0.2) is 18.2 Å². The maximum absolute atomic E-state index is 12.4. The molecule has 0 radical (unpaired) electrons. The molecular formula is C11H7ClF3NO. The molecule has 0 aliphatic carbocycles. The van der Waals surface area contributed by atoms with Crippen LogP contribution in [0.3, 0.4) is 0 Å². The Morgan fingerprint density at radius 2 is 2.06 bits per heavy atom. The Morgan fingerprint density at radius 3 is 2.59 bits per heavy atom. The molecule has 1 amide bonds. The number of benzene rings is 1. The first-order valence-corrected chi connectivity index (χ1v) is 4.83. The fourth-order valence-corrected chi connectivity index (χ4v) is 1.15. The summed E-state index contributed by atoms with van der Waals surface area (Å²) >= 11 is 5.67. The van der Waals surface area contributed by atoms with Crippen LogP contribution in [-0.4, -0.2) is 13.0 Å². The van der Waals surface area contributed by atoms with Gasteiger partial charge in [-0.15, -0.1) is 0 Å². The minimum absolute atomic E-state index is 0.0370. The Hall–Kier alpha value is -1.67. The zero-order chi connectivity index (χ0) is 13.1. The van der Waals surface area contributed by atoms with Crippen molar-refractivity contribution in [1.29, 1.82) is 0 Å². The van der Waals surface area contributed by atoms with Crippen molar-refractivity contribution >= 4 is 17.5 Å². The summed E-state index contributed by atoms with van der Waals surface area (Å²) in [4.78, 5) is 10.8. The largest absolute Gasteiger partial charge is 0.416 e. The van der Waals surface area contributed by atoms with Gasteiger partial charge in [0.15, 0.2) is 0 Å². The number of halogens is 4. The smallest absolute Gasteiger partial charge is 0.348 e. The van der Waals surface area contributed by atoms with Crippen LogP contribution in [0, 0.1) is 11.8 Å². The van der Waals surface area contributed by atoms with Crippen molar-refractivity contribution in [3.63, 3.8) is 0 Å². The van der Waals surface area contributed by atoms with Gasteiger partial charge in [0.2, 0.25) is 0 Å². The number of alkyl halides is 3. The Labute approximate surface area is 101 Å². The van der Waals surface area contributed by atoms with Gasteiger partial charge in [-0.3, -0.25) is 4.79 Å². The number of hydrogen-bond donors (Lipinski definition) is 1. The van der Waals surface area contributed by atoms with Gasteiger partial charge < -0.3 is 5.32 Å². The van der Waals surface area contributed by atoms with E-state index in [1.54, 1.807) is 0 Å². The van der Waals surface area contributed by atoms with Crippen LogP contribution in [0.4, 0.5) is 13.2 Å². The fraction of sp³-hybridized carbons (Fsp3) is 0.182. The van der Waals surface area contributed by atoms with Crippen LogP contribution in [0.5, 0.6) is 0 Å². The summed E-state index contributed by atoms with van der Waals surface area (Å²) in [6, 6.07) is 2.75. The van der Waals surface area contributed by atoms with Crippen LogP contribution in [0.1, 0.15) is 11.1 Å². The van der Waals surface area contributed by atoms with Crippen LogP contribution in [-0.2, 0) is 11.0 Å². The molecule has 17 heavy (non-hydrogen) atoms. The summed E-state index contributed by atoms with van der Waals surface area (Å²) in [6.45, 7) is 0. The van der Waals surface area contributed by atoms with Gasteiger partial charge in [0.25, 0.3) is 5.91 Å². The molecule has 0 heterocycles. The average Bonchev–Trinajstić information content (AvgIpc) is 2.26. The lowest BCUT2D eigenvalue weighted by Gasteiger charge is -2.07. The lowest BCUT2D eigenvalue weighted by molar-refractivity contribution is -0.137. The van der Waals surface area contributed by atoms with E-state index in [0.29, 0.717) is 0 Å². The zero-order valence-electron chi connectivity index (χ0n) is 8.65. The van der Waals surface area contributed by atoms with Crippen LogP contribution in [0.2, 0.25) is 5.02 Å². The van der Waals surface area contributed by atoms with Crippen molar-refractivity contribution in [1.82, 2.24) is 5.32 Å². The van der Waals surface area contributed by atoms with Crippen molar-refractivity contribution < 1.29 is 18.0 Å². The quantitative estimate of drug-likeness (QED) is 0.714. The molecule has 0 atom stereocenters. The summed E-state index contributed by atoms with van der Waals surface area (Å²) in [5.74, 6) is 3.80. The van der Waals surface area contributed by atoms with E-state index in [0.717, 1.165) is 18.2 Å². The highest BCUT2D eigenvalue weighted by molar-refractivity contribution is 6.31. The van der Waals surface area contributed by atoms with Gasteiger partial charge in [-0.2, -0.15) is 13.2 Å². The summed E-state index contributed by atoms with van der Waals surface area (Å²) in [5, 5.41) is 2.29. The zero-order valence-corrected chi connectivity index (χ0v) is 9.41. The second-order valence-electron chi connectivity index (χ2n) is 3.02. The van der Waals surface area contributed by atoms with Crippen LogP contribution in [0.25, 0.3) is 0 Å². The van der Waals surface area contributed by atoms with Crippen LogP contribution < -0.4 is 5.32 Å². The number of nitrogens with one attached hydrogen (secondary N) is 1. The molecule has 0 bridgehead atoms. The molecule has 0 saturated heterocycles. The van der Waals surface area contributed by atoms with E-state index in [4.69, 9.17) is 11.6 Å². The molecule has 0 aliphatic heterocycles. The normalized spacial score (nSPS) is 10.4. The first-order valence-electron chi connectivity index (χ1n) is 4.45. The van der Waals surface area contributed by atoms with E-state index in [-0.39, 0.29) is 10.6 Å². The van der Waals surface area contributed by atoms with Gasteiger partial charge in [-0.05, 0) is 18.2 Å². The van der Waals surface area contributed by atoms with Gasteiger partial charge in [-0.1, -0.05) is 17.5 Å². The van der Waals surface area contributed by atoms with Crippen molar-refractivity contribution in [3.8, 4) is 11.8 Å². The fourth-order valence-electron chi connectivity index (χ4n) is 0.984. The molecule has 0 aliphatic rings. The minimum Gasteiger partial charge on any atom is -0.348 e. The van der Waals surface area contributed by atoms with E-state index in [1.807, 2.05) is 0 Å². The molecule has 1 aromatic rings. The van der Waals surface area contributed by atoms with Crippen molar-refractivity contribution in [3.05, 3.63) is 34.3 Å². The molecule has 1 N–H and O–H groups in total. The molecule has 2 nitrogen and oxygen atoms in total. The number of rotatable bonds is 0. The molecule has 0 aromatic heterocycles. The molecule has 1 rings (SSSR count). The third-order valence-electron chi connectivity index (χ3n) is 1.83. The molecule has 0 spiro atoms. The number of hydrogen-bond acceptors (Lipinski definition) is 1. The maximum Gasteiger partial charge on any atom is 0.416 e. The second-order valence-corrected chi connectivity index (χ2v) is 3.43. The maximum atomic E-state index is 12.4. The number of amides is 1. The van der Waals surface area contributed by atoms with E-state index in [9.17, 15) is 18.0 Å². The second kappa shape index (κ2) is 5.11. The third kappa shape index (κ3) is 3.68. The van der Waals surface area contributed by atoms with E-state index in [1.165, 1.54) is 7.05 Å². The molecule has 0 saturated carbocycles. The Bertz CT molecular complexity index is 500. The molecule has 90 valence electrons. The van der Waals surface area contributed by atoms with Crippen molar-refractivity contribution in [2.45, 2.75) is 6.18 Å². The van der Waals surface area contributed by atoms with Gasteiger partial charge in [-0.25, -0.2) is 0 Å². The summed E-state index contributed by atoms with van der Waals surface area (Å²) in [6.07, 6.45) is -4.46. The topological polar surface area (TPSA) is 29.1 Å². The van der Waals surface area contributed by atoms with Crippen molar-refractivity contribution in [2.75, 3.05) is 7.05 Å². The molecule has 0 unspecified atom stereocenters. The van der Waals surface area contributed by atoms with Gasteiger partial charge in [0.1, 0.15) is 0 Å². The third-order valence-corrected chi connectivity index (χ3v) is 2.16. The highest BCUT2D eigenvalue weighted by atomic mass is 35.5. The summed E-state index contributed by atoms with van der Waals surface area (Å²) in [7, 11) is 1.37. The molecule has 0 fully saturated rings. The monoisotopic (exact) mass is 261 g/mol. The van der Waals surface area contributed by atoms with Gasteiger partial charge >= 0.3 is 6.18 Å². The predicted octanol–water partition coefficient (Wildman–Crippen LogP) is 2.46. The molecular weight excluding hydrogens is 255 g/mol. The van der Waals surface area contributed by atoms with Crippen LogP contribution >= 0.6 is 11.6 Å². The predicted molar refractivity (Wildman–Crippen MR) is 57.4 cm³/mol. The lowest BCUT2D eigenvalue weighted by Crippen LogP contribution is -2.14. The van der Waals surface area contributed by atoms with E-state index >= 15 is 0 Å². The lowest BCUT2D eigenvalue weighted by atomic mass is 10.1. The van der Waals surface area contributed by atoms with E-state index < -0.39 is 17.6 Å². The van der Waals surface area contributed by atoms with E-state index in [2.05, 4.69) is 17.2 Å². The number of carbonyl (C=O) groups is 1. The Kier molecular flexibility index (Phi) is 4.02. The Morgan fingerprint density at radius 1 is 1.41 bits per heavy atom. The SMILES string of the molecule is CNC(=O)C#Cc1cc(C(F)(F)F)ccc1Cl. The molecule has 1 aromatic carbocycles. The summed E-state index contributed by atoms with van der Waals surface area (Å²) in [5.41, 5.74) is -0.895. The number of carbonyl (C=O) groups excluding carboxylic acids is 1. The first-order chi connectivity index (χ1) is 7.84. The minimum atomic E-state index is -4.46. The average molecular weight is 262 g/mol.